The smallest absolute Gasteiger partial charge is 0.151 e. The van der Waals surface area contributed by atoms with E-state index < -0.39 is 15.9 Å². The summed E-state index contributed by atoms with van der Waals surface area (Å²) < 4.78 is 22.6. The Kier molecular flexibility index (Phi) is 4.67. The van der Waals surface area contributed by atoms with Gasteiger partial charge in [0, 0.05) is 18.4 Å². The minimum atomic E-state index is -3.22. The normalized spacial score (nSPS) is 17.1. The first kappa shape index (κ1) is 15.3. The van der Waals surface area contributed by atoms with Gasteiger partial charge in [-0.15, -0.1) is 0 Å². The van der Waals surface area contributed by atoms with Gasteiger partial charge in [-0.3, -0.25) is 0 Å². The summed E-state index contributed by atoms with van der Waals surface area (Å²) in [5.41, 5.74) is 0.941. The Bertz CT molecular complexity index is 567. The van der Waals surface area contributed by atoms with Gasteiger partial charge >= 0.3 is 0 Å². The number of aliphatic hydroxyl groups excluding tert-OH is 1. The van der Waals surface area contributed by atoms with E-state index in [1.807, 2.05) is 0 Å². The number of rotatable bonds is 7. The van der Waals surface area contributed by atoms with Crippen LogP contribution < -0.4 is 5.32 Å². The number of aliphatic hydroxyl groups is 1. The molecule has 1 atom stereocenters. The predicted octanol–water partition coefficient (Wildman–Crippen LogP) is 0.970. The van der Waals surface area contributed by atoms with Crippen LogP contribution >= 0.6 is 0 Å². The average molecular weight is 299 g/mol. The number of phenols is 1. The summed E-state index contributed by atoms with van der Waals surface area (Å²) in [7, 11) is -3.22. The second-order valence-electron chi connectivity index (χ2n) is 5.58. The van der Waals surface area contributed by atoms with Gasteiger partial charge in [-0.05, 0) is 43.0 Å². The number of phenolic OH excluding ortho intramolecular Hbond substituents is 1. The largest absolute Gasteiger partial charge is 0.508 e. The van der Waals surface area contributed by atoms with Crippen molar-refractivity contribution in [2.24, 2.45) is 5.92 Å². The number of sulfone groups is 1. The number of hydrogen-bond acceptors (Lipinski definition) is 5. The minimum absolute atomic E-state index is 0.0580. The van der Waals surface area contributed by atoms with Crippen LogP contribution in [-0.2, 0) is 15.6 Å². The van der Waals surface area contributed by atoms with Crippen molar-refractivity contribution in [2.45, 2.75) is 24.7 Å². The van der Waals surface area contributed by atoms with Gasteiger partial charge in [0.2, 0.25) is 0 Å². The van der Waals surface area contributed by atoms with E-state index in [2.05, 4.69) is 5.32 Å². The number of aromatic hydroxyl groups is 1. The van der Waals surface area contributed by atoms with E-state index in [0.717, 1.165) is 18.7 Å². The number of hydrogen-bond donors (Lipinski definition) is 3. The van der Waals surface area contributed by atoms with Crippen molar-refractivity contribution in [1.29, 1.82) is 0 Å². The molecule has 20 heavy (non-hydrogen) atoms. The quantitative estimate of drug-likeness (QED) is 0.698. The molecule has 1 aliphatic carbocycles. The molecule has 0 bridgehead atoms. The molecule has 0 saturated heterocycles. The van der Waals surface area contributed by atoms with Crippen molar-refractivity contribution in [3.05, 3.63) is 29.3 Å². The van der Waals surface area contributed by atoms with Crippen molar-refractivity contribution >= 4 is 9.84 Å². The molecule has 2 rings (SSSR count). The van der Waals surface area contributed by atoms with Gasteiger partial charge in [-0.1, -0.05) is 6.07 Å². The third-order valence-corrected chi connectivity index (χ3v) is 4.21. The molecule has 1 unspecified atom stereocenters. The molecule has 0 aliphatic heterocycles. The number of nitrogens with one attached hydrogen (secondary N) is 1. The van der Waals surface area contributed by atoms with E-state index in [9.17, 15) is 18.6 Å². The molecule has 112 valence electrons. The lowest BCUT2D eigenvalue weighted by Crippen LogP contribution is -2.23. The lowest BCUT2D eigenvalue weighted by molar-refractivity contribution is 0.174. The van der Waals surface area contributed by atoms with Gasteiger partial charge in [0.1, 0.15) is 5.75 Å². The molecular formula is C14H21NO4S. The highest BCUT2D eigenvalue weighted by Gasteiger charge is 2.21. The van der Waals surface area contributed by atoms with Gasteiger partial charge < -0.3 is 15.5 Å². The molecule has 1 aromatic rings. The fraction of sp³-hybridized carbons (Fsp3) is 0.571. The average Bonchev–Trinajstić information content (AvgIpc) is 3.14. The SMILES string of the molecule is CS(=O)(=O)Cc1cc(C(O)CNCC2CC2)ccc1O. The van der Waals surface area contributed by atoms with Gasteiger partial charge in [0.05, 0.1) is 11.9 Å². The highest BCUT2D eigenvalue weighted by Crippen LogP contribution is 2.28. The molecule has 0 radical (unpaired) electrons. The van der Waals surface area contributed by atoms with E-state index in [1.54, 1.807) is 12.1 Å². The van der Waals surface area contributed by atoms with Gasteiger partial charge in [-0.25, -0.2) is 8.42 Å². The molecule has 1 fully saturated rings. The van der Waals surface area contributed by atoms with Crippen LogP contribution in [0.15, 0.2) is 18.2 Å². The van der Waals surface area contributed by atoms with Gasteiger partial charge in [0.25, 0.3) is 0 Å². The van der Waals surface area contributed by atoms with Crippen molar-refractivity contribution in [3.8, 4) is 5.75 Å². The standard InChI is InChI=1S/C14H21NO4S/c1-20(18,19)9-12-6-11(4-5-13(12)16)14(17)8-15-7-10-2-3-10/h4-6,10,14-17H,2-3,7-9H2,1H3. The van der Waals surface area contributed by atoms with Crippen molar-refractivity contribution in [1.82, 2.24) is 5.32 Å². The summed E-state index contributed by atoms with van der Waals surface area (Å²) in [6.07, 6.45) is 2.92. The maximum absolute atomic E-state index is 11.3. The summed E-state index contributed by atoms with van der Waals surface area (Å²) in [4.78, 5) is 0. The second kappa shape index (κ2) is 6.11. The summed E-state index contributed by atoms with van der Waals surface area (Å²) >= 11 is 0. The molecule has 5 nitrogen and oxygen atoms in total. The molecule has 0 aromatic heterocycles. The zero-order valence-electron chi connectivity index (χ0n) is 11.5. The van der Waals surface area contributed by atoms with E-state index in [0.29, 0.717) is 17.7 Å². The second-order valence-corrected chi connectivity index (χ2v) is 7.72. The zero-order chi connectivity index (χ0) is 14.8. The van der Waals surface area contributed by atoms with Crippen LogP contribution in [-0.4, -0.2) is 38.0 Å². The molecule has 1 aromatic carbocycles. The Balaban J connectivity index is 2.00. The van der Waals surface area contributed by atoms with Crippen LogP contribution in [0.2, 0.25) is 0 Å². The van der Waals surface area contributed by atoms with Crippen molar-refractivity contribution in [2.75, 3.05) is 19.3 Å². The summed E-state index contributed by atoms with van der Waals surface area (Å²) in [5.74, 6) is 0.453. The maximum Gasteiger partial charge on any atom is 0.151 e. The first-order valence-corrected chi connectivity index (χ1v) is 8.79. The van der Waals surface area contributed by atoms with Crippen LogP contribution in [0, 0.1) is 5.92 Å². The van der Waals surface area contributed by atoms with Gasteiger partial charge in [0.15, 0.2) is 9.84 Å². The molecule has 0 amide bonds. The summed E-state index contributed by atoms with van der Waals surface area (Å²) in [5, 5.41) is 22.9. The molecule has 0 heterocycles. The Morgan fingerprint density at radius 1 is 1.40 bits per heavy atom. The van der Waals surface area contributed by atoms with Crippen LogP contribution in [0.25, 0.3) is 0 Å². The highest BCUT2D eigenvalue weighted by atomic mass is 32.2. The Morgan fingerprint density at radius 2 is 2.10 bits per heavy atom. The lowest BCUT2D eigenvalue weighted by Gasteiger charge is -2.14. The molecule has 0 spiro atoms. The van der Waals surface area contributed by atoms with Crippen LogP contribution in [0.5, 0.6) is 5.75 Å². The Hall–Kier alpha value is -1.11. The number of benzene rings is 1. The van der Waals surface area contributed by atoms with Gasteiger partial charge in [-0.2, -0.15) is 0 Å². The first-order valence-electron chi connectivity index (χ1n) is 6.73. The van der Waals surface area contributed by atoms with Crippen LogP contribution in [0.4, 0.5) is 0 Å². The maximum atomic E-state index is 11.3. The Morgan fingerprint density at radius 3 is 2.70 bits per heavy atom. The van der Waals surface area contributed by atoms with E-state index in [1.165, 1.54) is 18.9 Å². The van der Waals surface area contributed by atoms with E-state index in [4.69, 9.17) is 0 Å². The molecular weight excluding hydrogens is 278 g/mol. The molecule has 3 N–H and O–H groups in total. The van der Waals surface area contributed by atoms with Crippen LogP contribution in [0.3, 0.4) is 0 Å². The highest BCUT2D eigenvalue weighted by molar-refractivity contribution is 7.89. The van der Waals surface area contributed by atoms with E-state index in [-0.39, 0.29) is 11.5 Å². The minimum Gasteiger partial charge on any atom is -0.508 e. The van der Waals surface area contributed by atoms with Crippen molar-refractivity contribution in [3.63, 3.8) is 0 Å². The fourth-order valence-electron chi connectivity index (χ4n) is 2.07. The topological polar surface area (TPSA) is 86.6 Å². The third-order valence-electron chi connectivity index (χ3n) is 3.37. The summed E-state index contributed by atoms with van der Waals surface area (Å²) in [6.45, 7) is 1.34. The van der Waals surface area contributed by atoms with E-state index >= 15 is 0 Å². The summed E-state index contributed by atoms with van der Waals surface area (Å²) in [6, 6.07) is 4.60. The van der Waals surface area contributed by atoms with Crippen LogP contribution in [0.1, 0.15) is 30.1 Å². The monoisotopic (exact) mass is 299 g/mol. The molecule has 6 heteroatoms. The fourth-order valence-corrected chi connectivity index (χ4v) is 2.87. The first-order chi connectivity index (χ1) is 9.35. The molecule has 1 saturated carbocycles. The van der Waals surface area contributed by atoms with Crippen molar-refractivity contribution < 1.29 is 18.6 Å². The lowest BCUT2D eigenvalue weighted by atomic mass is 10.1. The predicted molar refractivity (Wildman–Crippen MR) is 77.2 cm³/mol. The zero-order valence-corrected chi connectivity index (χ0v) is 12.4. The molecule has 1 aliphatic rings. The third kappa shape index (κ3) is 4.77. The Labute approximate surface area is 119 Å².